The first-order valence-electron chi connectivity index (χ1n) is 12.0. The molecule has 0 aliphatic rings. The molecule has 1 atom stereocenters. The third-order valence-electron chi connectivity index (χ3n) is 5.90. The van der Waals surface area contributed by atoms with Gasteiger partial charge in [-0.25, -0.2) is 8.42 Å². The monoisotopic (exact) mass is 535 g/mol. The van der Waals surface area contributed by atoms with Crippen molar-refractivity contribution in [2.75, 3.05) is 17.1 Å². The Morgan fingerprint density at radius 3 is 2.31 bits per heavy atom. The average Bonchev–Trinajstić information content (AvgIpc) is 2.75. The summed E-state index contributed by atoms with van der Waals surface area (Å²) in [6.45, 7) is 11.5. The van der Waals surface area contributed by atoms with Gasteiger partial charge in [0.05, 0.1) is 11.9 Å². The fraction of sp³-hybridized carbons (Fsp3) is 0.481. The van der Waals surface area contributed by atoms with Crippen molar-refractivity contribution in [3.8, 4) is 0 Å². The first kappa shape index (κ1) is 29.6. The van der Waals surface area contributed by atoms with Gasteiger partial charge in [-0.05, 0) is 82.9 Å². The van der Waals surface area contributed by atoms with Crippen LogP contribution in [0.2, 0.25) is 5.02 Å². The van der Waals surface area contributed by atoms with Crippen molar-refractivity contribution in [3.05, 3.63) is 64.2 Å². The molecular weight excluding hydrogens is 498 g/mol. The van der Waals surface area contributed by atoms with Gasteiger partial charge in [-0.2, -0.15) is 0 Å². The maximum absolute atomic E-state index is 13.4. The van der Waals surface area contributed by atoms with Gasteiger partial charge in [-0.15, -0.1) is 0 Å². The second-order valence-corrected chi connectivity index (χ2v) is 12.6. The van der Waals surface area contributed by atoms with Crippen molar-refractivity contribution in [3.63, 3.8) is 0 Å². The Morgan fingerprint density at radius 1 is 1.08 bits per heavy atom. The number of rotatable bonds is 10. The van der Waals surface area contributed by atoms with Gasteiger partial charge in [0.25, 0.3) is 0 Å². The fourth-order valence-corrected chi connectivity index (χ4v) is 5.11. The molecular formula is C27H38ClN3O4S. The molecule has 9 heteroatoms. The summed E-state index contributed by atoms with van der Waals surface area (Å²) in [7, 11) is -3.55. The van der Waals surface area contributed by atoms with Gasteiger partial charge in [-0.1, -0.05) is 35.9 Å². The molecule has 0 heterocycles. The van der Waals surface area contributed by atoms with Crippen LogP contribution in [0, 0.1) is 13.8 Å². The highest BCUT2D eigenvalue weighted by molar-refractivity contribution is 7.92. The van der Waals surface area contributed by atoms with Crippen LogP contribution in [-0.4, -0.2) is 49.5 Å². The minimum absolute atomic E-state index is 0.0879. The van der Waals surface area contributed by atoms with E-state index in [1.807, 2.05) is 52.8 Å². The van der Waals surface area contributed by atoms with Crippen LogP contribution < -0.4 is 9.62 Å². The molecule has 0 fully saturated rings. The number of carbonyl (C=O) groups excluding carboxylic acids is 2. The molecule has 1 N–H and O–H groups in total. The summed E-state index contributed by atoms with van der Waals surface area (Å²) in [5.41, 5.74) is 2.84. The normalized spacial score (nSPS) is 12.7. The van der Waals surface area contributed by atoms with Crippen LogP contribution >= 0.6 is 11.6 Å². The van der Waals surface area contributed by atoms with Gasteiger partial charge in [0.15, 0.2) is 0 Å². The summed E-state index contributed by atoms with van der Waals surface area (Å²) in [5.74, 6) is -0.494. The van der Waals surface area contributed by atoms with Crippen molar-refractivity contribution in [1.29, 1.82) is 0 Å². The average molecular weight is 536 g/mol. The van der Waals surface area contributed by atoms with Crippen LogP contribution in [0.15, 0.2) is 42.5 Å². The summed E-state index contributed by atoms with van der Waals surface area (Å²) in [5, 5.41) is 3.48. The predicted octanol–water partition coefficient (Wildman–Crippen LogP) is 4.84. The molecule has 36 heavy (non-hydrogen) atoms. The molecule has 0 spiro atoms. The number of amides is 2. The molecule has 2 rings (SSSR count). The van der Waals surface area contributed by atoms with Crippen molar-refractivity contribution in [1.82, 2.24) is 10.2 Å². The first-order valence-corrected chi connectivity index (χ1v) is 14.2. The largest absolute Gasteiger partial charge is 0.350 e. The van der Waals surface area contributed by atoms with Crippen LogP contribution in [0.3, 0.4) is 0 Å². The van der Waals surface area contributed by atoms with Crippen LogP contribution in [0.5, 0.6) is 0 Å². The molecule has 0 aliphatic heterocycles. The first-order chi connectivity index (χ1) is 16.6. The highest BCUT2D eigenvalue weighted by Crippen LogP contribution is 2.25. The summed E-state index contributed by atoms with van der Waals surface area (Å²) in [6, 6.07) is 12.0. The second kappa shape index (κ2) is 12.1. The lowest BCUT2D eigenvalue weighted by atomic mass is 10.1. The Morgan fingerprint density at radius 2 is 1.72 bits per heavy atom. The summed E-state index contributed by atoms with van der Waals surface area (Å²) < 4.78 is 26.5. The predicted molar refractivity (Wildman–Crippen MR) is 147 cm³/mol. The van der Waals surface area contributed by atoms with E-state index in [2.05, 4.69) is 5.32 Å². The zero-order valence-electron chi connectivity index (χ0n) is 22.3. The van der Waals surface area contributed by atoms with Crippen molar-refractivity contribution in [2.45, 2.75) is 72.5 Å². The molecule has 0 aliphatic carbocycles. The fourth-order valence-electron chi connectivity index (χ4n) is 3.88. The number of halogens is 1. The van der Waals surface area contributed by atoms with Crippen LogP contribution in [-0.2, 0) is 26.2 Å². The molecule has 0 unspecified atom stereocenters. The van der Waals surface area contributed by atoms with Crippen molar-refractivity contribution >= 4 is 39.1 Å². The highest BCUT2D eigenvalue weighted by atomic mass is 35.5. The highest BCUT2D eigenvalue weighted by Gasteiger charge is 2.29. The Kier molecular flexibility index (Phi) is 9.97. The smallest absolute Gasteiger partial charge is 0.242 e. The van der Waals surface area contributed by atoms with E-state index in [-0.39, 0.29) is 31.3 Å². The van der Waals surface area contributed by atoms with E-state index in [0.29, 0.717) is 17.1 Å². The lowest BCUT2D eigenvalue weighted by molar-refractivity contribution is -0.141. The van der Waals surface area contributed by atoms with E-state index < -0.39 is 21.6 Å². The number of benzene rings is 2. The zero-order chi connectivity index (χ0) is 27.3. The van der Waals surface area contributed by atoms with E-state index in [0.717, 1.165) is 16.7 Å². The number of nitrogens with one attached hydrogen (secondary N) is 1. The molecule has 198 valence electrons. The van der Waals surface area contributed by atoms with E-state index in [9.17, 15) is 18.0 Å². The molecule has 7 nitrogen and oxygen atoms in total. The number of nitrogens with zero attached hydrogens (tertiary/aromatic N) is 2. The quantitative estimate of drug-likeness (QED) is 0.472. The summed E-state index contributed by atoms with van der Waals surface area (Å²) >= 11 is 6.14. The van der Waals surface area contributed by atoms with E-state index in [4.69, 9.17) is 11.6 Å². The van der Waals surface area contributed by atoms with E-state index in [1.54, 1.807) is 31.2 Å². The standard InChI is InChI=1S/C27H38ClN3O4S/c1-19-11-8-14-24(20(19)2)31(36(7,34)35)16-10-15-25(32)30(18-22-12-9-13-23(28)17-22)21(3)26(33)29-27(4,5)6/h8-9,11-14,17,21H,10,15-16,18H2,1-7H3,(H,29,33)/t21-/m1/s1. The van der Waals surface area contributed by atoms with Gasteiger partial charge >= 0.3 is 0 Å². The third kappa shape index (κ3) is 8.52. The van der Waals surface area contributed by atoms with Crippen LogP contribution in [0.4, 0.5) is 5.69 Å². The van der Waals surface area contributed by atoms with Gasteiger partial charge in [-0.3, -0.25) is 13.9 Å². The second-order valence-electron chi connectivity index (χ2n) is 10.2. The maximum atomic E-state index is 13.4. The molecule has 2 aromatic carbocycles. The Balaban J connectivity index is 2.23. The van der Waals surface area contributed by atoms with E-state index in [1.165, 1.54) is 15.5 Å². The minimum atomic E-state index is -3.55. The molecule has 2 aromatic rings. The maximum Gasteiger partial charge on any atom is 0.242 e. The number of anilines is 1. The SMILES string of the molecule is Cc1cccc(N(CCCC(=O)N(Cc2cccc(Cl)c2)[C@H](C)C(=O)NC(C)(C)C)S(C)(=O)=O)c1C. The van der Waals surface area contributed by atoms with E-state index >= 15 is 0 Å². The third-order valence-corrected chi connectivity index (χ3v) is 7.32. The van der Waals surface area contributed by atoms with Crippen LogP contribution in [0.25, 0.3) is 0 Å². The minimum Gasteiger partial charge on any atom is -0.350 e. The number of hydrogen-bond donors (Lipinski definition) is 1. The van der Waals surface area contributed by atoms with Gasteiger partial charge in [0.2, 0.25) is 21.8 Å². The van der Waals surface area contributed by atoms with Gasteiger partial charge < -0.3 is 10.2 Å². The summed E-state index contributed by atoms with van der Waals surface area (Å²) in [6.07, 6.45) is 1.56. The number of carbonyl (C=O) groups is 2. The summed E-state index contributed by atoms with van der Waals surface area (Å²) in [4.78, 5) is 27.8. The topological polar surface area (TPSA) is 86.8 Å². The number of aryl methyl sites for hydroxylation is 1. The lowest BCUT2D eigenvalue weighted by Crippen LogP contribution is -2.52. The Labute approximate surface area is 220 Å². The van der Waals surface area contributed by atoms with Gasteiger partial charge in [0.1, 0.15) is 6.04 Å². The molecule has 0 aromatic heterocycles. The molecule has 0 saturated carbocycles. The lowest BCUT2D eigenvalue weighted by Gasteiger charge is -2.32. The molecule has 0 saturated heterocycles. The number of hydrogen-bond acceptors (Lipinski definition) is 4. The zero-order valence-corrected chi connectivity index (χ0v) is 23.8. The number of sulfonamides is 1. The molecule has 2 amide bonds. The van der Waals surface area contributed by atoms with Crippen LogP contribution in [0.1, 0.15) is 57.2 Å². The Hall–Kier alpha value is -2.58. The molecule has 0 bridgehead atoms. The Bertz CT molecular complexity index is 1190. The molecule has 0 radical (unpaired) electrons. The van der Waals surface area contributed by atoms with Crippen molar-refractivity contribution in [2.24, 2.45) is 0 Å². The van der Waals surface area contributed by atoms with Crippen molar-refractivity contribution < 1.29 is 18.0 Å². The van der Waals surface area contributed by atoms with Gasteiger partial charge in [0, 0.05) is 30.1 Å².